The van der Waals surface area contributed by atoms with Crippen LogP contribution in [0.5, 0.6) is 0 Å². The fraction of sp³-hybridized carbons (Fsp3) is 0.375. The average molecular weight is 443 g/mol. The van der Waals surface area contributed by atoms with Gasteiger partial charge in [-0.15, -0.1) is 0 Å². The van der Waals surface area contributed by atoms with Crippen molar-refractivity contribution in [2.24, 2.45) is 0 Å². The van der Waals surface area contributed by atoms with Gasteiger partial charge in [-0.25, -0.2) is 24.4 Å². The predicted octanol–water partition coefficient (Wildman–Crippen LogP) is 4.44. The first kappa shape index (κ1) is 24.7. The van der Waals surface area contributed by atoms with Crippen molar-refractivity contribution in [1.82, 2.24) is 10.0 Å². The van der Waals surface area contributed by atoms with E-state index in [1.54, 1.807) is 45.0 Å². The molecular formula is C24H30N2O6. The predicted molar refractivity (Wildman–Crippen MR) is 119 cm³/mol. The maximum atomic E-state index is 12.8. The third kappa shape index (κ3) is 7.61. The Labute approximate surface area is 188 Å². The zero-order valence-electron chi connectivity index (χ0n) is 19.2. The summed E-state index contributed by atoms with van der Waals surface area (Å²) in [7, 11) is 2.78. The molecule has 8 nitrogen and oxygen atoms in total. The number of nitrogens with zero attached hydrogens (tertiary/aromatic N) is 2. The molecule has 2 rings (SSSR count). The number of amides is 2. The van der Waals surface area contributed by atoms with Gasteiger partial charge in [0.15, 0.2) is 0 Å². The summed E-state index contributed by atoms with van der Waals surface area (Å²) in [4.78, 5) is 37.0. The number of hydrogen-bond donors (Lipinski definition) is 0. The summed E-state index contributed by atoms with van der Waals surface area (Å²) >= 11 is 0. The Morgan fingerprint density at radius 2 is 1.50 bits per heavy atom. The molecule has 0 N–H and O–H groups in total. The number of carbonyl (C=O) groups excluding carboxylic acids is 3. The molecule has 0 radical (unpaired) electrons. The molecule has 0 aliphatic heterocycles. The summed E-state index contributed by atoms with van der Waals surface area (Å²) in [6.07, 6.45) is -0.916. The smallest absolute Gasteiger partial charge is 0.429 e. The second-order valence-electron chi connectivity index (χ2n) is 8.11. The lowest BCUT2D eigenvalue weighted by molar-refractivity contribution is -0.0373. The van der Waals surface area contributed by atoms with Crippen LogP contribution in [0.1, 0.15) is 42.3 Å². The second-order valence-corrected chi connectivity index (χ2v) is 8.11. The van der Waals surface area contributed by atoms with Crippen LogP contribution in [0.25, 0.3) is 0 Å². The molecule has 0 spiro atoms. The molecule has 0 atom stereocenters. The average Bonchev–Trinajstić information content (AvgIpc) is 2.76. The van der Waals surface area contributed by atoms with Gasteiger partial charge in [-0.2, -0.15) is 0 Å². The van der Waals surface area contributed by atoms with Gasteiger partial charge in [-0.1, -0.05) is 42.5 Å². The molecule has 0 aliphatic rings. The van der Waals surface area contributed by atoms with E-state index in [1.807, 2.05) is 30.3 Å². The minimum atomic E-state index is -0.730. The van der Waals surface area contributed by atoms with Crippen LogP contribution in [-0.2, 0) is 27.2 Å². The number of hydrogen-bond acceptors (Lipinski definition) is 6. The number of ether oxygens (including phenoxy) is 3. The number of esters is 1. The largest absolute Gasteiger partial charge is 0.465 e. The van der Waals surface area contributed by atoms with E-state index in [0.717, 1.165) is 16.1 Å². The fourth-order valence-corrected chi connectivity index (χ4v) is 2.75. The molecule has 2 aromatic carbocycles. The maximum Gasteiger partial charge on any atom is 0.429 e. The lowest BCUT2D eigenvalue weighted by atomic mass is 10.1. The molecule has 0 aromatic heterocycles. The highest BCUT2D eigenvalue weighted by molar-refractivity contribution is 5.89. The first-order chi connectivity index (χ1) is 15.1. The summed E-state index contributed by atoms with van der Waals surface area (Å²) < 4.78 is 15.5. The van der Waals surface area contributed by atoms with Crippen molar-refractivity contribution in [1.29, 1.82) is 0 Å². The van der Waals surface area contributed by atoms with Crippen molar-refractivity contribution in [3.8, 4) is 0 Å². The van der Waals surface area contributed by atoms with Crippen LogP contribution in [0.3, 0.4) is 0 Å². The van der Waals surface area contributed by atoms with Crippen molar-refractivity contribution in [2.75, 3.05) is 20.7 Å². The van der Waals surface area contributed by atoms with E-state index < -0.39 is 23.8 Å². The van der Waals surface area contributed by atoms with Crippen molar-refractivity contribution >= 4 is 18.2 Å². The molecule has 8 heteroatoms. The number of benzene rings is 2. The Morgan fingerprint density at radius 3 is 2.06 bits per heavy atom. The van der Waals surface area contributed by atoms with Gasteiger partial charge in [0.1, 0.15) is 12.2 Å². The maximum absolute atomic E-state index is 12.8. The molecule has 32 heavy (non-hydrogen) atoms. The molecule has 172 valence electrons. The summed E-state index contributed by atoms with van der Waals surface area (Å²) in [5.41, 5.74) is 1.41. The van der Waals surface area contributed by atoms with E-state index in [2.05, 4.69) is 0 Å². The molecule has 0 heterocycles. The Kier molecular flexibility index (Phi) is 8.63. The van der Waals surface area contributed by atoms with Gasteiger partial charge >= 0.3 is 18.2 Å². The third-order valence-electron chi connectivity index (χ3n) is 4.42. The zero-order chi connectivity index (χ0) is 23.7. The van der Waals surface area contributed by atoms with Gasteiger partial charge in [0.2, 0.25) is 0 Å². The molecule has 2 amide bonds. The number of methoxy groups -OCH3 is 1. The minimum absolute atomic E-state index is 0.0845. The lowest BCUT2D eigenvalue weighted by Crippen LogP contribution is -2.50. The van der Waals surface area contributed by atoms with Crippen LogP contribution in [0, 0.1) is 0 Å². The standard InChI is InChI=1S/C24H30N2O6/c1-24(2,3)32-23(29)26(16-15-18-11-13-20(14-12-18)21(27)30-5)25(4)22(28)31-17-19-9-7-6-8-10-19/h6-14H,15-17H2,1-5H3. The quantitative estimate of drug-likeness (QED) is 0.374. The minimum Gasteiger partial charge on any atom is -0.465 e. The molecule has 0 bridgehead atoms. The molecule has 2 aromatic rings. The van der Waals surface area contributed by atoms with Crippen LogP contribution in [0.15, 0.2) is 54.6 Å². The van der Waals surface area contributed by atoms with Gasteiger partial charge in [0, 0.05) is 7.05 Å². The highest BCUT2D eigenvalue weighted by atomic mass is 16.6. The topological polar surface area (TPSA) is 85.4 Å². The SMILES string of the molecule is COC(=O)c1ccc(CCN(C(=O)OC(C)(C)C)N(C)C(=O)OCc2ccccc2)cc1. The fourth-order valence-electron chi connectivity index (χ4n) is 2.75. The van der Waals surface area contributed by atoms with Crippen LogP contribution >= 0.6 is 0 Å². The molecule has 0 aliphatic carbocycles. The number of rotatable bonds is 6. The first-order valence-electron chi connectivity index (χ1n) is 10.2. The van der Waals surface area contributed by atoms with E-state index in [-0.39, 0.29) is 13.2 Å². The summed E-state index contributed by atoms with van der Waals surface area (Å²) in [5, 5.41) is 2.31. The van der Waals surface area contributed by atoms with Crippen molar-refractivity contribution < 1.29 is 28.6 Å². The van der Waals surface area contributed by atoms with E-state index in [9.17, 15) is 14.4 Å². The van der Waals surface area contributed by atoms with E-state index in [4.69, 9.17) is 14.2 Å². The van der Waals surface area contributed by atoms with Crippen molar-refractivity contribution in [3.05, 3.63) is 71.3 Å². The van der Waals surface area contributed by atoms with Crippen LogP contribution in [0.2, 0.25) is 0 Å². The van der Waals surface area contributed by atoms with Crippen molar-refractivity contribution in [3.63, 3.8) is 0 Å². The molecular weight excluding hydrogens is 412 g/mol. The van der Waals surface area contributed by atoms with Gasteiger partial charge in [0.25, 0.3) is 0 Å². The normalized spacial score (nSPS) is 10.8. The Hall–Kier alpha value is -3.55. The summed E-state index contributed by atoms with van der Waals surface area (Å²) in [6, 6.07) is 16.1. The summed E-state index contributed by atoms with van der Waals surface area (Å²) in [5.74, 6) is -0.423. The monoisotopic (exact) mass is 442 g/mol. The highest BCUT2D eigenvalue weighted by Crippen LogP contribution is 2.14. The lowest BCUT2D eigenvalue weighted by Gasteiger charge is -2.33. The third-order valence-corrected chi connectivity index (χ3v) is 4.42. The highest BCUT2D eigenvalue weighted by Gasteiger charge is 2.28. The van der Waals surface area contributed by atoms with Gasteiger partial charge < -0.3 is 14.2 Å². The van der Waals surface area contributed by atoms with Gasteiger partial charge in [0.05, 0.1) is 19.2 Å². The van der Waals surface area contributed by atoms with Crippen molar-refractivity contribution in [2.45, 2.75) is 39.4 Å². The van der Waals surface area contributed by atoms with E-state index in [0.29, 0.717) is 12.0 Å². The Morgan fingerprint density at radius 1 is 0.875 bits per heavy atom. The summed E-state index contributed by atoms with van der Waals surface area (Å²) in [6.45, 7) is 5.51. The molecule has 0 saturated carbocycles. The first-order valence-corrected chi connectivity index (χ1v) is 10.2. The molecule has 0 fully saturated rings. The second kappa shape index (κ2) is 11.2. The number of carbonyl (C=O) groups is 3. The van der Waals surface area contributed by atoms with E-state index in [1.165, 1.54) is 19.2 Å². The zero-order valence-corrected chi connectivity index (χ0v) is 19.2. The molecule has 0 saturated heterocycles. The van der Waals surface area contributed by atoms with Crippen LogP contribution in [0.4, 0.5) is 9.59 Å². The molecule has 0 unspecified atom stereocenters. The van der Waals surface area contributed by atoms with Gasteiger partial charge in [-0.3, -0.25) is 0 Å². The van der Waals surface area contributed by atoms with Crippen LogP contribution < -0.4 is 0 Å². The van der Waals surface area contributed by atoms with Gasteiger partial charge in [-0.05, 0) is 50.5 Å². The Balaban J connectivity index is 2.08. The van der Waals surface area contributed by atoms with E-state index >= 15 is 0 Å². The van der Waals surface area contributed by atoms with Crippen LogP contribution in [-0.4, -0.2) is 54.5 Å². The Bertz CT molecular complexity index is 906. The number of hydrazine groups is 1.